The maximum Gasteiger partial charge on any atom is 0.255 e. The Labute approximate surface area is 193 Å². The number of benzene rings is 2. The summed E-state index contributed by atoms with van der Waals surface area (Å²) < 4.78 is 39.8. The molecule has 8 nitrogen and oxygen atoms in total. The number of hydrogen-bond acceptors (Lipinski definition) is 8. The van der Waals surface area contributed by atoms with Gasteiger partial charge in [0.05, 0.1) is 19.4 Å². The Morgan fingerprint density at radius 1 is 1.03 bits per heavy atom. The molecular formula is C21H17ClN4O4S2. The Morgan fingerprint density at radius 3 is 2.59 bits per heavy atom. The molecule has 0 bridgehead atoms. The van der Waals surface area contributed by atoms with Gasteiger partial charge < -0.3 is 9.15 Å². The minimum atomic E-state index is -3.85. The van der Waals surface area contributed by atoms with Crippen molar-refractivity contribution >= 4 is 33.0 Å². The lowest BCUT2D eigenvalue weighted by atomic mass is 10.2. The van der Waals surface area contributed by atoms with E-state index in [9.17, 15) is 8.42 Å². The van der Waals surface area contributed by atoms with Crippen LogP contribution in [0.2, 0.25) is 5.02 Å². The van der Waals surface area contributed by atoms with Crippen molar-refractivity contribution in [3.63, 3.8) is 0 Å². The Bertz CT molecular complexity index is 1320. The van der Waals surface area contributed by atoms with Crippen LogP contribution in [0.5, 0.6) is 0 Å². The largest absolute Gasteiger partial charge is 0.419 e. The Morgan fingerprint density at radius 2 is 1.81 bits per heavy atom. The smallest absolute Gasteiger partial charge is 0.255 e. The summed E-state index contributed by atoms with van der Waals surface area (Å²) in [4.78, 5) is 4.31. The first-order valence-corrected chi connectivity index (χ1v) is 12.4. The average molecular weight is 489 g/mol. The van der Waals surface area contributed by atoms with Gasteiger partial charge in [-0.1, -0.05) is 41.9 Å². The zero-order valence-electron chi connectivity index (χ0n) is 16.6. The van der Waals surface area contributed by atoms with Crippen LogP contribution in [0.1, 0.15) is 11.9 Å². The van der Waals surface area contributed by atoms with E-state index in [1.807, 2.05) is 30.3 Å². The van der Waals surface area contributed by atoms with Gasteiger partial charge in [-0.3, -0.25) is 0 Å². The maximum absolute atomic E-state index is 13.5. The number of nitrogens with zero attached hydrogens (tertiary/aromatic N) is 4. The van der Waals surface area contributed by atoms with Crippen LogP contribution in [-0.4, -0.2) is 47.7 Å². The quantitative estimate of drug-likeness (QED) is 0.413. The Kier molecular flexibility index (Phi) is 5.78. The fraction of sp³-hybridized carbons (Fsp3) is 0.190. The standard InChI is InChI=1S/C21H17ClN4O4S2/c22-16-8-6-15(7-9-16)21-23-12-18(31-21)32(27,28)26-10-11-29-13-17(26)20-25-24-19(30-20)14-4-2-1-3-5-14/h1-9,12,17H,10-11,13H2. The number of hydrogen-bond donors (Lipinski definition) is 0. The summed E-state index contributed by atoms with van der Waals surface area (Å²) in [6.45, 7) is 0.570. The maximum atomic E-state index is 13.5. The molecule has 1 saturated heterocycles. The molecule has 1 unspecified atom stereocenters. The summed E-state index contributed by atoms with van der Waals surface area (Å²) >= 11 is 7.04. The predicted molar refractivity (Wildman–Crippen MR) is 120 cm³/mol. The molecule has 1 atom stereocenters. The van der Waals surface area contributed by atoms with Gasteiger partial charge in [-0.15, -0.1) is 21.5 Å². The summed E-state index contributed by atoms with van der Waals surface area (Å²) in [5.41, 5.74) is 1.55. The highest BCUT2D eigenvalue weighted by Crippen LogP contribution is 2.35. The van der Waals surface area contributed by atoms with Gasteiger partial charge in [-0.25, -0.2) is 13.4 Å². The predicted octanol–water partition coefficient (Wildman–Crippen LogP) is 4.28. The van der Waals surface area contributed by atoms with Crippen LogP contribution in [0.4, 0.5) is 0 Å². The molecule has 5 rings (SSSR count). The molecule has 0 saturated carbocycles. The molecule has 0 aliphatic carbocycles. The van der Waals surface area contributed by atoms with Gasteiger partial charge in [0, 0.05) is 22.7 Å². The summed E-state index contributed by atoms with van der Waals surface area (Å²) in [5.74, 6) is 0.515. The van der Waals surface area contributed by atoms with E-state index in [1.165, 1.54) is 10.5 Å². The zero-order chi connectivity index (χ0) is 22.1. The van der Waals surface area contributed by atoms with Gasteiger partial charge >= 0.3 is 0 Å². The van der Waals surface area contributed by atoms with E-state index in [2.05, 4.69) is 15.2 Å². The number of ether oxygens (including phenoxy) is 1. The molecule has 4 aromatic rings. The number of sulfonamides is 1. The van der Waals surface area contributed by atoms with Crippen LogP contribution >= 0.6 is 22.9 Å². The van der Waals surface area contributed by atoms with Crippen LogP contribution < -0.4 is 0 Å². The molecule has 3 heterocycles. The van der Waals surface area contributed by atoms with Crippen molar-refractivity contribution < 1.29 is 17.6 Å². The third-order valence-electron chi connectivity index (χ3n) is 4.96. The molecule has 11 heteroatoms. The number of thiazole rings is 1. The van der Waals surface area contributed by atoms with E-state index in [0.717, 1.165) is 22.5 Å². The molecule has 1 fully saturated rings. The van der Waals surface area contributed by atoms with Crippen molar-refractivity contribution in [3.05, 3.63) is 71.7 Å². The van der Waals surface area contributed by atoms with Crippen molar-refractivity contribution in [1.29, 1.82) is 0 Å². The highest BCUT2D eigenvalue weighted by molar-refractivity contribution is 7.91. The molecular weight excluding hydrogens is 472 g/mol. The second-order valence-electron chi connectivity index (χ2n) is 7.01. The van der Waals surface area contributed by atoms with Crippen molar-refractivity contribution in [2.75, 3.05) is 19.8 Å². The SMILES string of the molecule is O=S(=O)(c1cnc(-c2ccc(Cl)cc2)s1)N1CCOCC1c1nnc(-c2ccccc2)o1. The molecule has 2 aromatic heterocycles. The summed E-state index contributed by atoms with van der Waals surface area (Å²) in [6.07, 6.45) is 1.37. The highest BCUT2D eigenvalue weighted by atomic mass is 35.5. The lowest BCUT2D eigenvalue weighted by Crippen LogP contribution is -2.43. The number of rotatable bonds is 5. The molecule has 1 aliphatic heterocycles. The molecule has 0 spiro atoms. The van der Waals surface area contributed by atoms with E-state index >= 15 is 0 Å². The van der Waals surface area contributed by atoms with E-state index < -0.39 is 16.1 Å². The van der Waals surface area contributed by atoms with E-state index in [4.69, 9.17) is 20.8 Å². The molecule has 164 valence electrons. The molecule has 0 N–H and O–H groups in total. The molecule has 0 radical (unpaired) electrons. The molecule has 0 amide bonds. The van der Waals surface area contributed by atoms with Gasteiger partial charge in [0.15, 0.2) is 4.21 Å². The minimum absolute atomic E-state index is 0.124. The average Bonchev–Trinajstić information content (AvgIpc) is 3.51. The van der Waals surface area contributed by atoms with Crippen molar-refractivity contribution in [3.8, 4) is 22.0 Å². The minimum Gasteiger partial charge on any atom is -0.419 e. The first-order chi connectivity index (χ1) is 15.5. The fourth-order valence-corrected chi connectivity index (χ4v) is 6.30. The third kappa shape index (κ3) is 4.07. The second kappa shape index (κ2) is 8.72. The van der Waals surface area contributed by atoms with Gasteiger partial charge in [-0.05, 0) is 24.3 Å². The van der Waals surface area contributed by atoms with Crippen LogP contribution in [0.3, 0.4) is 0 Å². The highest BCUT2D eigenvalue weighted by Gasteiger charge is 2.39. The van der Waals surface area contributed by atoms with E-state index in [0.29, 0.717) is 15.9 Å². The third-order valence-corrected chi connectivity index (χ3v) is 8.61. The Hall–Kier alpha value is -2.63. The lowest BCUT2D eigenvalue weighted by molar-refractivity contribution is 0.0226. The van der Waals surface area contributed by atoms with Gasteiger partial charge in [0.2, 0.25) is 11.8 Å². The lowest BCUT2D eigenvalue weighted by Gasteiger charge is -2.31. The van der Waals surface area contributed by atoms with Gasteiger partial charge in [0.1, 0.15) is 11.0 Å². The van der Waals surface area contributed by atoms with Crippen molar-refractivity contribution in [2.45, 2.75) is 10.3 Å². The van der Waals surface area contributed by atoms with E-state index in [-0.39, 0.29) is 29.9 Å². The fourth-order valence-electron chi connectivity index (χ4n) is 3.36. The van der Waals surface area contributed by atoms with Crippen molar-refractivity contribution in [2.24, 2.45) is 0 Å². The molecule has 1 aliphatic rings. The van der Waals surface area contributed by atoms with Gasteiger partial charge in [0.25, 0.3) is 10.0 Å². The summed E-state index contributed by atoms with van der Waals surface area (Å²) in [5, 5.41) is 9.39. The van der Waals surface area contributed by atoms with Crippen LogP contribution in [0, 0.1) is 0 Å². The van der Waals surface area contributed by atoms with Gasteiger partial charge in [-0.2, -0.15) is 4.31 Å². The Balaban J connectivity index is 1.45. The summed E-state index contributed by atoms with van der Waals surface area (Å²) in [6, 6.07) is 15.7. The first kappa shape index (κ1) is 21.2. The zero-order valence-corrected chi connectivity index (χ0v) is 19.0. The molecule has 32 heavy (non-hydrogen) atoms. The van der Waals surface area contributed by atoms with Crippen molar-refractivity contribution in [1.82, 2.24) is 19.5 Å². The summed E-state index contributed by atoms with van der Waals surface area (Å²) in [7, 11) is -3.85. The normalized spacial score (nSPS) is 17.5. The molecule has 2 aromatic carbocycles. The topological polar surface area (TPSA) is 98.4 Å². The number of halogens is 1. The van der Waals surface area contributed by atoms with Crippen LogP contribution in [0.15, 0.2) is 69.4 Å². The van der Waals surface area contributed by atoms with Crippen LogP contribution in [-0.2, 0) is 14.8 Å². The second-order valence-corrected chi connectivity index (χ2v) is 10.6. The van der Waals surface area contributed by atoms with E-state index in [1.54, 1.807) is 24.3 Å². The first-order valence-electron chi connectivity index (χ1n) is 9.72. The number of morpholine rings is 1. The monoisotopic (exact) mass is 488 g/mol. The number of aromatic nitrogens is 3. The van der Waals surface area contributed by atoms with Crippen LogP contribution in [0.25, 0.3) is 22.0 Å².